The summed E-state index contributed by atoms with van der Waals surface area (Å²) in [5, 5.41) is 2.12. The van der Waals surface area contributed by atoms with Crippen molar-refractivity contribution in [2.24, 2.45) is 0 Å². The second-order valence-corrected chi connectivity index (χ2v) is 5.23. The van der Waals surface area contributed by atoms with Gasteiger partial charge in [0.1, 0.15) is 5.75 Å². The Balaban J connectivity index is 2.97. The van der Waals surface area contributed by atoms with Gasteiger partial charge in [-0.2, -0.15) is 0 Å². The normalized spacial score (nSPS) is 11.2. The van der Waals surface area contributed by atoms with E-state index in [1.807, 2.05) is 12.1 Å². The monoisotopic (exact) mass is 269 g/mol. The Hall–Kier alpha value is -1.22. The molecule has 0 heterocycles. The maximum absolute atomic E-state index is 10.8. The summed E-state index contributed by atoms with van der Waals surface area (Å²) in [6.45, 7) is 6.74. The van der Waals surface area contributed by atoms with Gasteiger partial charge in [0.15, 0.2) is 0 Å². The highest BCUT2D eigenvalue weighted by atomic mass is 35.5. The highest BCUT2D eigenvalue weighted by molar-refractivity contribution is 6.62. The summed E-state index contributed by atoms with van der Waals surface area (Å²) in [6.07, 6.45) is 0.912. The summed E-state index contributed by atoms with van der Waals surface area (Å²) in [7, 11) is 1.67. The van der Waals surface area contributed by atoms with Crippen molar-refractivity contribution in [3.8, 4) is 5.75 Å². The largest absolute Gasteiger partial charge is 0.496 e. The molecule has 100 valence electrons. The molecule has 4 heteroatoms. The number of benzene rings is 1. The van der Waals surface area contributed by atoms with Gasteiger partial charge in [-0.3, -0.25) is 4.79 Å². The molecule has 3 nitrogen and oxygen atoms in total. The fourth-order valence-corrected chi connectivity index (χ4v) is 1.94. The summed E-state index contributed by atoms with van der Waals surface area (Å²) in [5.74, 6) is 0.901. The third kappa shape index (κ3) is 3.64. The van der Waals surface area contributed by atoms with Gasteiger partial charge >= 0.3 is 5.37 Å². The van der Waals surface area contributed by atoms with Gasteiger partial charge in [0.2, 0.25) is 0 Å². The number of carbonyl (C=O) groups is 1. The van der Waals surface area contributed by atoms with E-state index >= 15 is 0 Å². The van der Waals surface area contributed by atoms with E-state index in [0.717, 1.165) is 17.7 Å². The van der Waals surface area contributed by atoms with Gasteiger partial charge in [-0.25, -0.2) is 0 Å². The van der Waals surface area contributed by atoms with E-state index in [4.69, 9.17) is 16.3 Å². The molecule has 1 amide bonds. The Morgan fingerprint density at radius 2 is 2.11 bits per heavy atom. The molecule has 0 fully saturated rings. The molecular weight excluding hydrogens is 250 g/mol. The number of halogens is 1. The number of amides is 1. The molecule has 0 aromatic heterocycles. The minimum absolute atomic E-state index is 0.166. The molecule has 0 aliphatic carbocycles. The van der Waals surface area contributed by atoms with Crippen LogP contribution in [-0.2, 0) is 11.8 Å². The SMILES string of the molecule is CCc1cc(C(C)(C)CNC(=O)Cl)ccc1OC. The van der Waals surface area contributed by atoms with Crippen LogP contribution in [0.25, 0.3) is 0 Å². The van der Waals surface area contributed by atoms with Gasteiger partial charge in [0.25, 0.3) is 0 Å². The van der Waals surface area contributed by atoms with Crippen molar-refractivity contribution in [2.75, 3.05) is 13.7 Å². The number of ether oxygens (including phenoxy) is 1. The lowest BCUT2D eigenvalue weighted by molar-refractivity contribution is 0.257. The first kappa shape index (κ1) is 14.8. The third-order valence-corrected chi connectivity index (χ3v) is 3.25. The summed E-state index contributed by atoms with van der Waals surface area (Å²) in [5.41, 5.74) is 2.16. The van der Waals surface area contributed by atoms with E-state index in [1.54, 1.807) is 7.11 Å². The fraction of sp³-hybridized carbons (Fsp3) is 0.500. The van der Waals surface area contributed by atoms with Crippen molar-refractivity contribution in [1.82, 2.24) is 5.32 Å². The highest BCUT2D eigenvalue weighted by Gasteiger charge is 2.22. The molecule has 0 atom stereocenters. The average Bonchev–Trinajstić information content (AvgIpc) is 2.35. The zero-order valence-electron chi connectivity index (χ0n) is 11.3. The minimum atomic E-state index is -0.521. The summed E-state index contributed by atoms with van der Waals surface area (Å²) < 4.78 is 5.31. The van der Waals surface area contributed by atoms with Crippen molar-refractivity contribution in [3.63, 3.8) is 0 Å². The molecule has 1 aromatic carbocycles. The molecule has 18 heavy (non-hydrogen) atoms. The number of methoxy groups -OCH3 is 1. The van der Waals surface area contributed by atoms with Crippen LogP contribution in [0.5, 0.6) is 5.75 Å². The Kier molecular flexibility index (Phi) is 5.03. The van der Waals surface area contributed by atoms with E-state index < -0.39 is 5.37 Å². The second-order valence-electron chi connectivity index (χ2n) is 4.89. The average molecular weight is 270 g/mol. The molecule has 0 radical (unpaired) electrons. The summed E-state index contributed by atoms with van der Waals surface area (Å²) in [4.78, 5) is 10.8. The van der Waals surface area contributed by atoms with Crippen LogP contribution in [0, 0.1) is 0 Å². The number of carbonyl (C=O) groups excluding carboxylic acids is 1. The zero-order chi connectivity index (χ0) is 13.8. The molecule has 0 saturated heterocycles. The van der Waals surface area contributed by atoms with Crippen molar-refractivity contribution in [3.05, 3.63) is 29.3 Å². The lowest BCUT2D eigenvalue weighted by atomic mass is 9.83. The number of hydrogen-bond donors (Lipinski definition) is 1. The summed E-state index contributed by atoms with van der Waals surface area (Å²) in [6, 6.07) is 6.12. The Bertz CT molecular complexity index is 430. The van der Waals surface area contributed by atoms with Crippen LogP contribution < -0.4 is 10.1 Å². The van der Waals surface area contributed by atoms with Gasteiger partial charge in [0.05, 0.1) is 7.11 Å². The minimum Gasteiger partial charge on any atom is -0.496 e. The molecule has 1 N–H and O–H groups in total. The maximum atomic E-state index is 10.8. The quantitative estimate of drug-likeness (QED) is 0.656. The van der Waals surface area contributed by atoms with Crippen LogP contribution in [0.1, 0.15) is 31.9 Å². The first-order valence-corrected chi connectivity index (χ1v) is 6.39. The number of hydrogen-bond acceptors (Lipinski definition) is 2. The van der Waals surface area contributed by atoms with Crippen molar-refractivity contribution < 1.29 is 9.53 Å². The van der Waals surface area contributed by atoms with Crippen LogP contribution in [0.15, 0.2) is 18.2 Å². The smallest absolute Gasteiger partial charge is 0.313 e. The second kappa shape index (κ2) is 6.10. The zero-order valence-corrected chi connectivity index (χ0v) is 12.1. The van der Waals surface area contributed by atoms with E-state index in [1.165, 1.54) is 5.56 Å². The van der Waals surface area contributed by atoms with Crippen molar-refractivity contribution in [2.45, 2.75) is 32.6 Å². The fourth-order valence-electron chi connectivity index (χ4n) is 1.87. The van der Waals surface area contributed by atoms with Gasteiger partial charge in [-0.15, -0.1) is 0 Å². The Morgan fingerprint density at radius 3 is 2.61 bits per heavy atom. The first-order chi connectivity index (χ1) is 8.40. The molecule has 0 aliphatic rings. The standard InChI is InChI=1S/C14H20ClNO2/c1-5-10-8-11(6-7-12(10)18-4)14(2,3)9-16-13(15)17/h6-8H,5,9H2,1-4H3,(H,16,17). The van der Waals surface area contributed by atoms with Crippen LogP contribution in [-0.4, -0.2) is 19.0 Å². The summed E-state index contributed by atoms with van der Waals surface area (Å²) >= 11 is 5.31. The predicted molar refractivity (Wildman–Crippen MR) is 74.6 cm³/mol. The van der Waals surface area contributed by atoms with Crippen molar-refractivity contribution >= 4 is 17.0 Å². The lowest BCUT2D eigenvalue weighted by Gasteiger charge is -2.26. The molecule has 0 unspecified atom stereocenters. The lowest BCUT2D eigenvalue weighted by Crippen LogP contribution is -2.34. The molecule has 0 bridgehead atoms. The number of rotatable bonds is 5. The van der Waals surface area contributed by atoms with Crippen LogP contribution >= 0.6 is 11.6 Å². The highest BCUT2D eigenvalue weighted by Crippen LogP contribution is 2.28. The maximum Gasteiger partial charge on any atom is 0.313 e. The predicted octanol–water partition coefficient (Wildman–Crippen LogP) is 3.48. The van der Waals surface area contributed by atoms with Crippen LogP contribution in [0.3, 0.4) is 0 Å². The number of aryl methyl sites for hydroxylation is 1. The van der Waals surface area contributed by atoms with Gasteiger partial charge in [0, 0.05) is 12.0 Å². The molecule has 0 aliphatic heterocycles. The van der Waals surface area contributed by atoms with Crippen LogP contribution in [0.2, 0.25) is 0 Å². The Labute approximate surface area is 113 Å². The van der Waals surface area contributed by atoms with E-state index in [9.17, 15) is 4.79 Å². The van der Waals surface area contributed by atoms with Crippen LogP contribution in [0.4, 0.5) is 4.79 Å². The van der Waals surface area contributed by atoms with Gasteiger partial charge in [-0.05, 0) is 35.2 Å². The van der Waals surface area contributed by atoms with E-state index in [0.29, 0.717) is 6.54 Å². The first-order valence-electron chi connectivity index (χ1n) is 6.01. The van der Waals surface area contributed by atoms with E-state index in [2.05, 4.69) is 32.2 Å². The van der Waals surface area contributed by atoms with E-state index in [-0.39, 0.29) is 5.41 Å². The van der Waals surface area contributed by atoms with Gasteiger partial charge in [-0.1, -0.05) is 32.9 Å². The number of nitrogens with one attached hydrogen (secondary N) is 1. The third-order valence-electron chi connectivity index (χ3n) is 3.11. The van der Waals surface area contributed by atoms with Gasteiger partial charge < -0.3 is 10.1 Å². The Morgan fingerprint density at radius 1 is 1.44 bits per heavy atom. The molecule has 0 saturated carbocycles. The van der Waals surface area contributed by atoms with Crippen molar-refractivity contribution in [1.29, 1.82) is 0 Å². The molecule has 1 aromatic rings. The molecule has 0 spiro atoms. The topological polar surface area (TPSA) is 38.3 Å². The molecular formula is C14H20ClNO2. The molecule has 1 rings (SSSR count).